The predicted molar refractivity (Wildman–Crippen MR) is 83.7 cm³/mol. The molecule has 0 heterocycles. The molecule has 0 aliphatic heterocycles. The van der Waals surface area contributed by atoms with Gasteiger partial charge in [0.1, 0.15) is 0 Å². The highest BCUT2D eigenvalue weighted by Crippen LogP contribution is 2.38. The molecule has 0 unspecified atom stereocenters. The topological polar surface area (TPSA) is 176 Å². The lowest BCUT2D eigenvalue weighted by molar-refractivity contribution is -0.404. The Morgan fingerprint density at radius 1 is 0.917 bits per heavy atom. The first-order valence-electron chi connectivity index (χ1n) is 6.25. The number of nitrogen functional groups attached to an aromatic ring is 1. The van der Waals surface area contributed by atoms with Crippen molar-refractivity contribution in [2.24, 2.45) is 0 Å². The van der Waals surface area contributed by atoms with Crippen LogP contribution in [0.3, 0.4) is 0 Å². The SMILES string of the molecule is Cc1cccc(N)c1.O=[N+]([O-])c1cc([N+](=O)[O-])c(O)c([N+](=O)[O-])c1. The molecule has 11 nitrogen and oxygen atoms in total. The number of aromatic hydroxyl groups is 1. The Labute approximate surface area is 134 Å². The van der Waals surface area contributed by atoms with Crippen LogP contribution in [0.15, 0.2) is 36.4 Å². The molecule has 11 heteroatoms. The van der Waals surface area contributed by atoms with E-state index in [2.05, 4.69) is 0 Å². The predicted octanol–water partition coefficient (Wildman–Crippen LogP) is 2.69. The van der Waals surface area contributed by atoms with Gasteiger partial charge in [0.2, 0.25) is 0 Å². The number of non-ortho nitro benzene ring substituents is 1. The maximum Gasteiger partial charge on any atom is 0.324 e. The number of hydrogen-bond acceptors (Lipinski definition) is 8. The lowest BCUT2D eigenvalue weighted by Gasteiger charge is -1.97. The van der Waals surface area contributed by atoms with E-state index >= 15 is 0 Å². The number of phenolic OH excluding ortho intramolecular Hbond substituents is 1. The van der Waals surface area contributed by atoms with Gasteiger partial charge in [-0.2, -0.15) is 0 Å². The number of phenols is 1. The highest BCUT2D eigenvalue weighted by Gasteiger charge is 2.30. The molecular formula is C13H12N4O7. The van der Waals surface area contributed by atoms with Gasteiger partial charge in [-0.25, -0.2) is 0 Å². The lowest BCUT2D eigenvalue weighted by Crippen LogP contribution is -1.97. The zero-order valence-electron chi connectivity index (χ0n) is 12.3. The first kappa shape index (κ1) is 18.3. The summed E-state index contributed by atoms with van der Waals surface area (Å²) in [5, 5.41) is 40.2. The van der Waals surface area contributed by atoms with Crippen LogP contribution in [0, 0.1) is 37.3 Å². The van der Waals surface area contributed by atoms with E-state index in [1.165, 1.54) is 5.56 Å². The van der Waals surface area contributed by atoms with Gasteiger partial charge in [0.05, 0.1) is 26.9 Å². The van der Waals surface area contributed by atoms with Crippen LogP contribution in [-0.2, 0) is 0 Å². The van der Waals surface area contributed by atoms with Crippen molar-refractivity contribution in [2.75, 3.05) is 5.73 Å². The highest BCUT2D eigenvalue weighted by molar-refractivity contribution is 5.64. The molecule has 0 aliphatic rings. The molecule has 0 saturated heterocycles. The summed E-state index contributed by atoms with van der Waals surface area (Å²) in [5.74, 6) is -1.21. The van der Waals surface area contributed by atoms with Crippen LogP contribution < -0.4 is 5.73 Å². The average molecular weight is 336 g/mol. The minimum absolute atomic E-state index is 0.447. The number of nitrogens with two attached hydrogens (primary N) is 1. The summed E-state index contributed by atoms with van der Waals surface area (Å²) in [4.78, 5) is 27.8. The van der Waals surface area contributed by atoms with Crippen molar-refractivity contribution in [3.05, 3.63) is 72.3 Å². The molecule has 0 aliphatic carbocycles. The van der Waals surface area contributed by atoms with Crippen molar-refractivity contribution in [2.45, 2.75) is 6.92 Å². The van der Waals surface area contributed by atoms with Crippen LogP contribution in [0.25, 0.3) is 0 Å². The van der Waals surface area contributed by atoms with E-state index in [0.717, 1.165) is 5.69 Å². The number of anilines is 1. The van der Waals surface area contributed by atoms with Gasteiger partial charge in [0.25, 0.3) is 11.4 Å². The van der Waals surface area contributed by atoms with Crippen molar-refractivity contribution in [3.63, 3.8) is 0 Å². The zero-order valence-corrected chi connectivity index (χ0v) is 12.3. The molecule has 0 saturated carbocycles. The fraction of sp³-hybridized carbons (Fsp3) is 0.0769. The number of nitro benzene ring substituents is 3. The minimum atomic E-state index is -1.21. The summed E-state index contributed by atoms with van der Waals surface area (Å²) in [6, 6.07) is 8.69. The smallest absolute Gasteiger partial charge is 0.324 e. The van der Waals surface area contributed by atoms with Gasteiger partial charge in [-0.1, -0.05) is 12.1 Å². The number of aryl methyl sites for hydroxylation is 1. The molecule has 0 spiro atoms. The van der Waals surface area contributed by atoms with E-state index in [-0.39, 0.29) is 0 Å². The molecule has 0 fully saturated rings. The number of rotatable bonds is 3. The molecule has 2 rings (SSSR count). The second kappa shape index (κ2) is 7.49. The monoisotopic (exact) mass is 336 g/mol. The standard InChI is InChI=1S/C7H9N.C6H3N3O7/c1-6-3-2-4-7(8)5-6;10-6-4(8(13)14)1-3(7(11)12)2-5(6)9(15)16/h2-5H,8H2,1H3;1-2,10H. The molecule has 24 heavy (non-hydrogen) atoms. The second-order valence-electron chi connectivity index (χ2n) is 4.52. The number of hydrogen-bond donors (Lipinski definition) is 2. The van der Waals surface area contributed by atoms with Crippen LogP contribution in [0.2, 0.25) is 0 Å². The Bertz CT molecular complexity index is 754. The number of nitro groups is 3. The third kappa shape index (κ3) is 4.62. The van der Waals surface area contributed by atoms with Crippen molar-refractivity contribution in [1.29, 1.82) is 0 Å². The molecule has 0 radical (unpaired) electrons. The molecule has 0 bridgehead atoms. The third-order valence-corrected chi connectivity index (χ3v) is 2.70. The maximum atomic E-state index is 10.4. The summed E-state index contributed by atoms with van der Waals surface area (Å²) >= 11 is 0. The van der Waals surface area contributed by atoms with Crippen LogP contribution in [0.1, 0.15) is 5.56 Å². The largest absolute Gasteiger partial charge is 0.497 e. The summed E-state index contributed by atoms with van der Waals surface area (Å²) in [7, 11) is 0. The Morgan fingerprint density at radius 3 is 1.71 bits per heavy atom. The van der Waals surface area contributed by atoms with Gasteiger partial charge in [-0.15, -0.1) is 0 Å². The van der Waals surface area contributed by atoms with Crippen LogP contribution in [0.4, 0.5) is 22.7 Å². The van der Waals surface area contributed by atoms with Gasteiger partial charge < -0.3 is 10.8 Å². The summed E-state index contributed by atoms with van der Waals surface area (Å²) in [6.45, 7) is 2.02. The Balaban J connectivity index is 0.000000300. The molecule has 0 atom stereocenters. The highest BCUT2D eigenvalue weighted by atomic mass is 16.6. The van der Waals surface area contributed by atoms with Gasteiger partial charge in [0.15, 0.2) is 0 Å². The quantitative estimate of drug-likeness (QED) is 0.488. The third-order valence-electron chi connectivity index (χ3n) is 2.70. The fourth-order valence-electron chi connectivity index (χ4n) is 1.64. The minimum Gasteiger partial charge on any atom is -0.497 e. The van der Waals surface area contributed by atoms with E-state index in [0.29, 0.717) is 12.1 Å². The van der Waals surface area contributed by atoms with E-state index < -0.39 is 37.6 Å². The Hall–Kier alpha value is -3.76. The molecular weight excluding hydrogens is 324 g/mol. The summed E-state index contributed by atoms with van der Waals surface area (Å²) in [5.41, 5.74) is 4.51. The fourth-order valence-corrected chi connectivity index (χ4v) is 1.64. The van der Waals surface area contributed by atoms with Gasteiger partial charge in [0, 0.05) is 5.69 Å². The number of nitrogens with zero attached hydrogens (tertiary/aromatic N) is 3. The molecule has 3 N–H and O–H groups in total. The van der Waals surface area contributed by atoms with E-state index in [4.69, 9.17) is 10.8 Å². The summed E-state index contributed by atoms with van der Waals surface area (Å²) < 4.78 is 0. The number of benzene rings is 2. The lowest BCUT2D eigenvalue weighted by atomic mass is 10.2. The van der Waals surface area contributed by atoms with E-state index in [1.54, 1.807) is 0 Å². The molecule has 0 aromatic heterocycles. The first-order valence-corrected chi connectivity index (χ1v) is 6.25. The molecule has 126 valence electrons. The van der Waals surface area contributed by atoms with Crippen molar-refractivity contribution in [1.82, 2.24) is 0 Å². The van der Waals surface area contributed by atoms with E-state index in [1.807, 2.05) is 31.2 Å². The van der Waals surface area contributed by atoms with Crippen LogP contribution >= 0.6 is 0 Å². The average Bonchev–Trinajstić information content (AvgIpc) is 2.46. The van der Waals surface area contributed by atoms with Crippen molar-refractivity contribution in [3.8, 4) is 5.75 Å². The summed E-state index contributed by atoms with van der Waals surface area (Å²) in [6.07, 6.45) is 0. The molecule has 2 aromatic rings. The normalized spacial score (nSPS) is 9.54. The Kier molecular flexibility index (Phi) is 5.71. The molecule has 0 amide bonds. The zero-order chi connectivity index (χ0) is 18.4. The van der Waals surface area contributed by atoms with Crippen molar-refractivity contribution < 1.29 is 19.9 Å². The second-order valence-corrected chi connectivity index (χ2v) is 4.52. The first-order chi connectivity index (χ1) is 11.1. The van der Waals surface area contributed by atoms with Gasteiger partial charge in [-0.3, -0.25) is 30.3 Å². The van der Waals surface area contributed by atoms with Gasteiger partial charge >= 0.3 is 11.4 Å². The van der Waals surface area contributed by atoms with Crippen molar-refractivity contribution >= 4 is 22.7 Å². The van der Waals surface area contributed by atoms with Crippen LogP contribution in [0.5, 0.6) is 5.75 Å². The molecule has 2 aromatic carbocycles. The Morgan fingerprint density at radius 2 is 1.42 bits per heavy atom. The van der Waals surface area contributed by atoms with Gasteiger partial charge in [-0.05, 0) is 24.6 Å². The van der Waals surface area contributed by atoms with E-state index in [9.17, 15) is 30.3 Å². The van der Waals surface area contributed by atoms with Crippen LogP contribution in [-0.4, -0.2) is 19.9 Å². The maximum absolute atomic E-state index is 10.4.